The van der Waals surface area contributed by atoms with Gasteiger partial charge in [-0.25, -0.2) is 4.79 Å². The number of aliphatic hydroxyl groups excluding tert-OH is 1. The van der Waals surface area contributed by atoms with Crippen LogP contribution in [0.1, 0.15) is 48.0 Å². The highest BCUT2D eigenvalue weighted by molar-refractivity contribution is 5.69. The molecule has 0 aliphatic heterocycles. The second-order valence-electron chi connectivity index (χ2n) is 6.94. The van der Waals surface area contributed by atoms with Crippen LogP contribution in [0.25, 0.3) is 0 Å². The lowest BCUT2D eigenvalue weighted by Crippen LogP contribution is -2.53. The summed E-state index contributed by atoms with van der Waals surface area (Å²) in [6.45, 7) is 10.7. The topological polar surface area (TPSA) is 108 Å². The van der Waals surface area contributed by atoms with Crippen LogP contribution in [0.15, 0.2) is 0 Å². The summed E-state index contributed by atoms with van der Waals surface area (Å²) in [6.07, 6.45) is -0.962. The van der Waals surface area contributed by atoms with E-state index in [0.29, 0.717) is 6.42 Å². The number of nitrogens with one attached hydrogen (secondary N) is 2. The van der Waals surface area contributed by atoms with Crippen molar-refractivity contribution in [3.8, 4) is 0 Å². The minimum absolute atomic E-state index is 0.251. The van der Waals surface area contributed by atoms with Gasteiger partial charge in [0.25, 0.3) is 0 Å². The van der Waals surface area contributed by atoms with Gasteiger partial charge in [0.05, 0.1) is 18.7 Å². The fourth-order valence-corrected chi connectivity index (χ4v) is 1.97. The standard InChI is InChI=1S/C15H30N2O5/c1-9(2)7-11(17-14(21)22-15(4,5)6)13(20)10(3)16-8-12(18)19/h9-11,13,16,20H,7-8H2,1-6H3,(H,17,21)(H,18,19). The van der Waals surface area contributed by atoms with Crippen molar-refractivity contribution in [3.05, 3.63) is 0 Å². The van der Waals surface area contributed by atoms with Gasteiger partial charge in [0.15, 0.2) is 0 Å². The third-order valence-corrected chi connectivity index (χ3v) is 2.93. The van der Waals surface area contributed by atoms with Gasteiger partial charge in [-0.1, -0.05) is 13.8 Å². The molecule has 0 fully saturated rings. The van der Waals surface area contributed by atoms with Crippen molar-refractivity contribution in [1.82, 2.24) is 10.6 Å². The van der Waals surface area contributed by atoms with Gasteiger partial charge in [0, 0.05) is 6.04 Å². The van der Waals surface area contributed by atoms with E-state index in [-0.39, 0.29) is 12.5 Å². The average molecular weight is 318 g/mol. The SMILES string of the molecule is CC(C)CC(NC(=O)OC(C)(C)C)C(O)C(C)NCC(=O)O. The molecule has 0 bridgehead atoms. The van der Waals surface area contributed by atoms with Gasteiger partial charge in [-0.3, -0.25) is 4.79 Å². The summed E-state index contributed by atoms with van der Waals surface area (Å²) in [5.41, 5.74) is -0.620. The van der Waals surface area contributed by atoms with Crippen LogP contribution in [0.2, 0.25) is 0 Å². The van der Waals surface area contributed by atoms with Gasteiger partial charge in [-0.15, -0.1) is 0 Å². The van der Waals surface area contributed by atoms with Crippen LogP contribution in [0, 0.1) is 5.92 Å². The molecule has 0 aromatic heterocycles. The summed E-state index contributed by atoms with van der Waals surface area (Å²) in [5.74, 6) is -0.749. The molecule has 0 radical (unpaired) electrons. The molecular weight excluding hydrogens is 288 g/mol. The molecule has 0 aliphatic carbocycles. The fourth-order valence-electron chi connectivity index (χ4n) is 1.97. The van der Waals surface area contributed by atoms with Gasteiger partial charge >= 0.3 is 12.1 Å². The van der Waals surface area contributed by atoms with Crippen LogP contribution < -0.4 is 10.6 Å². The number of hydrogen-bond acceptors (Lipinski definition) is 5. The van der Waals surface area contributed by atoms with Crippen LogP contribution in [0.5, 0.6) is 0 Å². The Morgan fingerprint density at radius 3 is 2.14 bits per heavy atom. The number of carboxylic acids is 1. The van der Waals surface area contributed by atoms with Gasteiger partial charge in [0.2, 0.25) is 0 Å². The molecule has 22 heavy (non-hydrogen) atoms. The molecule has 7 heteroatoms. The maximum Gasteiger partial charge on any atom is 0.407 e. The predicted octanol–water partition coefficient (Wildman–Crippen LogP) is 1.35. The highest BCUT2D eigenvalue weighted by Gasteiger charge is 2.28. The lowest BCUT2D eigenvalue weighted by Gasteiger charge is -2.31. The zero-order valence-electron chi connectivity index (χ0n) is 14.3. The average Bonchev–Trinajstić information content (AvgIpc) is 2.31. The lowest BCUT2D eigenvalue weighted by molar-refractivity contribution is -0.136. The highest BCUT2D eigenvalue weighted by atomic mass is 16.6. The monoisotopic (exact) mass is 318 g/mol. The first-order valence-electron chi connectivity index (χ1n) is 7.55. The number of ether oxygens (including phenoxy) is 1. The molecule has 0 rings (SSSR count). The molecule has 0 heterocycles. The van der Waals surface area contributed by atoms with Crippen LogP contribution >= 0.6 is 0 Å². The maximum atomic E-state index is 11.9. The van der Waals surface area contributed by atoms with Crippen molar-refractivity contribution in [3.63, 3.8) is 0 Å². The van der Waals surface area contributed by atoms with Gasteiger partial charge in [-0.2, -0.15) is 0 Å². The molecule has 0 spiro atoms. The molecule has 1 amide bonds. The predicted molar refractivity (Wildman–Crippen MR) is 83.7 cm³/mol. The molecule has 0 saturated carbocycles. The Kier molecular flexibility index (Phi) is 8.40. The smallest absolute Gasteiger partial charge is 0.407 e. The van der Waals surface area contributed by atoms with E-state index in [0.717, 1.165) is 0 Å². The van der Waals surface area contributed by atoms with E-state index in [9.17, 15) is 14.7 Å². The van der Waals surface area contributed by atoms with E-state index in [1.807, 2.05) is 13.8 Å². The minimum Gasteiger partial charge on any atom is -0.480 e. The molecule has 130 valence electrons. The Morgan fingerprint density at radius 2 is 1.73 bits per heavy atom. The van der Waals surface area contributed by atoms with Crippen molar-refractivity contribution >= 4 is 12.1 Å². The van der Waals surface area contributed by atoms with E-state index in [4.69, 9.17) is 9.84 Å². The maximum absolute atomic E-state index is 11.9. The second kappa shape index (κ2) is 8.95. The summed E-state index contributed by atoms with van der Waals surface area (Å²) >= 11 is 0. The van der Waals surface area contributed by atoms with E-state index in [1.165, 1.54) is 0 Å². The van der Waals surface area contributed by atoms with Gasteiger partial charge in [-0.05, 0) is 40.0 Å². The summed E-state index contributed by atoms with van der Waals surface area (Å²) in [7, 11) is 0. The summed E-state index contributed by atoms with van der Waals surface area (Å²) in [4.78, 5) is 22.5. The van der Waals surface area contributed by atoms with Crippen molar-refractivity contribution in [2.24, 2.45) is 5.92 Å². The van der Waals surface area contributed by atoms with Gasteiger partial charge < -0.3 is 25.6 Å². The molecule has 0 saturated heterocycles. The van der Waals surface area contributed by atoms with Crippen LogP contribution in [0.3, 0.4) is 0 Å². The quantitative estimate of drug-likeness (QED) is 0.538. The number of aliphatic carboxylic acids is 1. The Hall–Kier alpha value is -1.34. The summed E-state index contributed by atoms with van der Waals surface area (Å²) < 4.78 is 5.20. The zero-order chi connectivity index (χ0) is 17.5. The Bertz CT molecular complexity index is 365. The van der Waals surface area contributed by atoms with Gasteiger partial charge in [0.1, 0.15) is 5.60 Å². The third kappa shape index (κ3) is 9.57. The first-order valence-corrected chi connectivity index (χ1v) is 7.55. The van der Waals surface area contributed by atoms with Crippen LogP contribution in [0.4, 0.5) is 4.79 Å². The first-order chi connectivity index (χ1) is 9.92. The van der Waals surface area contributed by atoms with E-state index < -0.39 is 35.9 Å². The number of carbonyl (C=O) groups is 2. The van der Waals surface area contributed by atoms with Crippen LogP contribution in [-0.2, 0) is 9.53 Å². The minimum atomic E-state index is -1.00. The number of alkyl carbamates (subject to hydrolysis) is 1. The van der Waals surface area contributed by atoms with Crippen molar-refractivity contribution < 1.29 is 24.5 Å². The number of carboxylic acid groups (broad SMARTS) is 1. The largest absolute Gasteiger partial charge is 0.480 e. The Labute approximate surface area is 132 Å². The second-order valence-corrected chi connectivity index (χ2v) is 6.94. The van der Waals surface area contributed by atoms with Crippen molar-refractivity contribution in [2.75, 3.05) is 6.54 Å². The number of rotatable bonds is 8. The van der Waals surface area contributed by atoms with E-state index >= 15 is 0 Å². The zero-order valence-corrected chi connectivity index (χ0v) is 14.3. The fraction of sp³-hybridized carbons (Fsp3) is 0.867. The summed E-state index contributed by atoms with van der Waals surface area (Å²) in [5, 5.41) is 24.4. The molecule has 0 aliphatic rings. The molecular formula is C15H30N2O5. The Morgan fingerprint density at radius 1 is 1.18 bits per heavy atom. The molecule has 0 aromatic carbocycles. The number of aliphatic hydroxyl groups is 1. The number of hydrogen-bond donors (Lipinski definition) is 4. The Balaban J connectivity index is 4.73. The van der Waals surface area contributed by atoms with E-state index in [1.54, 1.807) is 27.7 Å². The summed E-state index contributed by atoms with van der Waals surface area (Å²) in [6, 6.07) is -0.999. The number of amides is 1. The first kappa shape index (κ1) is 20.7. The molecule has 4 N–H and O–H groups in total. The molecule has 0 aromatic rings. The van der Waals surface area contributed by atoms with E-state index in [2.05, 4.69) is 10.6 Å². The molecule has 3 atom stereocenters. The third-order valence-electron chi connectivity index (χ3n) is 2.93. The normalized spacial score (nSPS) is 16.0. The molecule has 7 nitrogen and oxygen atoms in total. The molecule has 3 unspecified atom stereocenters. The van der Waals surface area contributed by atoms with Crippen LogP contribution in [-0.4, -0.2) is 52.6 Å². The van der Waals surface area contributed by atoms with Crippen molar-refractivity contribution in [2.45, 2.75) is 71.8 Å². The highest BCUT2D eigenvalue weighted by Crippen LogP contribution is 2.13. The number of carbonyl (C=O) groups excluding carboxylic acids is 1. The lowest BCUT2D eigenvalue weighted by atomic mass is 9.95. The van der Waals surface area contributed by atoms with Crippen molar-refractivity contribution in [1.29, 1.82) is 0 Å².